The van der Waals surface area contributed by atoms with Gasteiger partial charge >= 0.3 is 0 Å². The van der Waals surface area contributed by atoms with Gasteiger partial charge in [-0.05, 0) is 30.9 Å². The van der Waals surface area contributed by atoms with Crippen LogP contribution in [-0.4, -0.2) is 18.5 Å². The van der Waals surface area contributed by atoms with Gasteiger partial charge in [-0.15, -0.1) is 0 Å². The van der Waals surface area contributed by atoms with E-state index in [0.717, 1.165) is 32.2 Å². The number of carbonyl (C=O) groups is 1. The molecule has 1 aliphatic rings. The van der Waals surface area contributed by atoms with Gasteiger partial charge in [-0.3, -0.25) is 4.79 Å². The van der Waals surface area contributed by atoms with Crippen LogP contribution >= 0.6 is 0 Å². The fourth-order valence-electron chi connectivity index (χ4n) is 2.67. The molecule has 0 aliphatic carbocycles. The van der Waals surface area contributed by atoms with Gasteiger partial charge in [0.05, 0.1) is 5.92 Å². The molecule has 0 saturated carbocycles. The molecule has 3 nitrogen and oxygen atoms in total. The molecule has 1 aromatic carbocycles. The van der Waals surface area contributed by atoms with E-state index in [-0.39, 0.29) is 11.8 Å². The third kappa shape index (κ3) is 3.49. The Morgan fingerprint density at radius 2 is 2.21 bits per heavy atom. The Labute approximate surface area is 115 Å². The molecule has 0 aromatic heterocycles. The van der Waals surface area contributed by atoms with Gasteiger partial charge in [-0.1, -0.05) is 38.5 Å². The zero-order valence-electron chi connectivity index (χ0n) is 11.9. The SMILES string of the molecule is CCCC(CC)NC(=O)C1CNc2ccccc2C1. The van der Waals surface area contributed by atoms with Crippen molar-refractivity contribution in [3.05, 3.63) is 29.8 Å². The first-order valence-corrected chi connectivity index (χ1v) is 7.36. The van der Waals surface area contributed by atoms with E-state index >= 15 is 0 Å². The molecule has 0 spiro atoms. The average Bonchev–Trinajstić information content (AvgIpc) is 2.46. The van der Waals surface area contributed by atoms with Crippen LogP contribution in [-0.2, 0) is 11.2 Å². The number of para-hydroxylation sites is 1. The Kier molecular flexibility index (Phi) is 4.83. The first-order chi connectivity index (χ1) is 9.24. The first-order valence-electron chi connectivity index (χ1n) is 7.36. The first kappa shape index (κ1) is 13.9. The summed E-state index contributed by atoms with van der Waals surface area (Å²) < 4.78 is 0. The Balaban J connectivity index is 1.95. The zero-order chi connectivity index (χ0) is 13.7. The van der Waals surface area contributed by atoms with Crippen molar-refractivity contribution >= 4 is 11.6 Å². The molecule has 1 aromatic rings. The summed E-state index contributed by atoms with van der Waals surface area (Å²) >= 11 is 0. The Morgan fingerprint density at radius 3 is 2.95 bits per heavy atom. The minimum absolute atomic E-state index is 0.0563. The van der Waals surface area contributed by atoms with Gasteiger partial charge in [-0.2, -0.15) is 0 Å². The van der Waals surface area contributed by atoms with Crippen molar-refractivity contribution in [2.45, 2.75) is 45.6 Å². The van der Waals surface area contributed by atoms with Crippen molar-refractivity contribution in [3.63, 3.8) is 0 Å². The van der Waals surface area contributed by atoms with Crippen LogP contribution in [0.4, 0.5) is 5.69 Å². The largest absolute Gasteiger partial charge is 0.384 e. The van der Waals surface area contributed by atoms with E-state index in [1.54, 1.807) is 0 Å². The molecule has 1 heterocycles. The number of anilines is 1. The molecule has 0 bridgehead atoms. The number of rotatable bonds is 5. The summed E-state index contributed by atoms with van der Waals surface area (Å²) in [5, 5.41) is 6.55. The smallest absolute Gasteiger partial charge is 0.225 e. The predicted octanol–water partition coefficient (Wildman–Crippen LogP) is 2.97. The molecule has 1 aliphatic heterocycles. The van der Waals surface area contributed by atoms with Crippen molar-refractivity contribution in [3.8, 4) is 0 Å². The van der Waals surface area contributed by atoms with Crippen molar-refractivity contribution in [2.75, 3.05) is 11.9 Å². The molecule has 0 fully saturated rings. The van der Waals surface area contributed by atoms with Gasteiger partial charge in [0.25, 0.3) is 0 Å². The minimum atomic E-state index is 0.0563. The molecule has 19 heavy (non-hydrogen) atoms. The molecule has 2 rings (SSSR count). The molecule has 0 saturated heterocycles. The standard InChI is InChI=1S/C16H24N2O/c1-3-7-14(4-2)18-16(19)13-10-12-8-5-6-9-15(12)17-11-13/h5-6,8-9,13-14,17H,3-4,7,10-11H2,1-2H3,(H,18,19). The van der Waals surface area contributed by atoms with Crippen LogP contribution in [0.5, 0.6) is 0 Å². The van der Waals surface area contributed by atoms with Gasteiger partial charge < -0.3 is 10.6 Å². The van der Waals surface area contributed by atoms with E-state index in [4.69, 9.17) is 0 Å². The molecular formula is C16H24N2O. The molecule has 2 atom stereocenters. The molecular weight excluding hydrogens is 236 g/mol. The van der Waals surface area contributed by atoms with Gasteiger partial charge in [0, 0.05) is 18.3 Å². The van der Waals surface area contributed by atoms with Crippen molar-refractivity contribution < 1.29 is 4.79 Å². The van der Waals surface area contributed by atoms with E-state index in [1.165, 1.54) is 11.3 Å². The maximum Gasteiger partial charge on any atom is 0.225 e. The summed E-state index contributed by atoms with van der Waals surface area (Å²) in [7, 11) is 0. The van der Waals surface area contributed by atoms with E-state index in [2.05, 4.69) is 36.6 Å². The van der Waals surface area contributed by atoms with Gasteiger partial charge in [0.2, 0.25) is 5.91 Å². The Bertz CT molecular complexity index is 431. The number of carbonyl (C=O) groups excluding carboxylic acids is 1. The molecule has 2 unspecified atom stereocenters. The lowest BCUT2D eigenvalue weighted by Gasteiger charge is -2.27. The van der Waals surface area contributed by atoms with Crippen LogP contribution in [0.25, 0.3) is 0 Å². The topological polar surface area (TPSA) is 41.1 Å². The van der Waals surface area contributed by atoms with Gasteiger partial charge in [0.15, 0.2) is 0 Å². The summed E-state index contributed by atoms with van der Waals surface area (Å²) in [6.07, 6.45) is 4.04. The maximum absolute atomic E-state index is 12.3. The number of hydrogen-bond acceptors (Lipinski definition) is 2. The third-order valence-corrected chi connectivity index (χ3v) is 3.87. The highest BCUT2D eigenvalue weighted by molar-refractivity contribution is 5.81. The summed E-state index contributed by atoms with van der Waals surface area (Å²) in [4.78, 5) is 12.3. The highest BCUT2D eigenvalue weighted by atomic mass is 16.2. The summed E-state index contributed by atoms with van der Waals surface area (Å²) in [5.41, 5.74) is 2.42. The maximum atomic E-state index is 12.3. The van der Waals surface area contributed by atoms with Crippen LogP contribution in [0, 0.1) is 5.92 Å². The van der Waals surface area contributed by atoms with Crippen LogP contribution in [0.2, 0.25) is 0 Å². The Morgan fingerprint density at radius 1 is 1.42 bits per heavy atom. The highest BCUT2D eigenvalue weighted by Crippen LogP contribution is 2.24. The lowest BCUT2D eigenvalue weighted by atomic mass is 9.93. The lowest BCUT2D eigenvalue weighted by Crippen LogP contribution is -2.42. The van der Waals surface area contributed by atoms with Crippen LogP contribution < -0.4 is 10.6 Å². The second kappa shape index (κ2) is 6.60. The number of nitrogens with one attached hydrogen (secondary N) is 2. The molecule has 104 valence electrons. The average molecular weight is 260 g/mol. The normalized spacial score (nSPS) is 19.2. The monoisotopic (exact) mass is 260 g/mol. The van der Waals surface area contributed by atoms with Crippen LogP contribution in [0.15, 0.2) is 24.3 Å². The van der Waals surface area contributed by atoms with Crippen LogP contribution in [0.1, 0.15) is 38.7 Å². The highest BCUT2D eigenvalue weighted by Gasteiger charge is 2.25. The van der Waals surface area contributed by atoms with E-state index < -0.39 is 0 Å². The number of fused-ring (bicyclic) bond motifs is 1. The van der Waals surface area contributed by atoms with E-state index in [0.29, 0.717) is 6.04 Å². The van der Waals surface area contributed by atoms with Gasteiger partial charge in [-0.25, -0.2) is 0 Å². The van der Waals surface area contributed by atoms with Crippen molar-refractivity contribution in [2.24, 2.45) is 5.92 Å². The quantitative estimate of drug-likeness (QED) is 0.854. The zero-order valence-corrected chi connectivity index (χ0v) is 11.9. The number of hydrogen-bond donors (Lipinski definition) is 2. The summed E-state index contributed by atoms with van der Waals surface area (Å²) in [6, 6.07) is 8.57. The third-order valence-electron chi connectivity index (χ3n) is 3.87. The second-order valence-corrected chi connectivity index (χ2v) is 5.34. The molecule has 0 radical (unpaired) electrons. The van der Waals surface area contributed by atoms with Gasteiger partial charge in [0.1, 0.15) is 0 Å². The van der Waals surface area contributed by atoms with E-state index in [1.807, 2.05) is 12.1 Å². The predicted molar refractivity (Wildman–Crippen MR) is 79.3 cm³/mol. The molecule has 3 heteroatoms. The molecule has 2 N–H and O–H groups in total. The Hall–Kier alpha value is -1.51. The lowest BCUT2D eigenvalue weighted by molar-refractivity contribution is -0.125. The van der Waals surface area contributed by atoms with Crippen molar-refractivity contribution in [1.82, 2.24) is 5.32 Å². The van der Waals surface area contributed by atoms with Crippen LogP contribution in [0.3, 0.4) is 0 Å². The van der Waals surface area contributed by atoms with Crippen molar-refractivity contribution in [1.29, 1.82) is 0 Å². The molecule has 1 amide bonds. The van der Waals surface area contributed by atoms with E-state index in [9.17, 15) is 4.79 Å². The number of amides is 1. The second-order valence-electron chi connectivity index (χ2n) is 5.34. The summed E-state index contributed by atoms with van der Waals surface area (Å²) in [5.74, 6) is 0.253. The minimum Gasteiger partial charge on any atom is -0.384 e. The number of benzene rings is 1. The fourth-order valence-corrected chi connectivity index (χ4v) is 2.67. The summed E-state index contributed by atoms with van der Waals surface area (Å²) in [6.45, 7) is 5.04. The fraction of sp³-hybridized carbons (Fsp3) is 0.562.